The molecule has 0 aliphatic carbocycles. The zero-order chi connectivity index (χ0) is 8.97. The lowest BCUT2D eigenvalue weighted by atomic mass is 10.1. The molecule has 0 aliphatic rings. The lowest BCUT2D eigenvalue weighted by Gasteiger charge is -2.09. The van der Waals surface area contributed by atoms with Crippen molar-refractivity contribution in [3.63, 3.8) is 0 Å². The number of aliphatic hydroxyl groups is 1. The van der Waals surface area contributed by atoms with Gasteiger partial charge in [-0.1, -0.05) is 23.7 Å². The Balaban J connectivity index is 2.68. The summed E-state index contributed by atoms with van der Waals surface area (Å²) >= 11 is 5.70. The smallest absolute Gasteiger partial charge is 0.0914 e. The van der Waals surface area contributed by atoms with Gasteiger partial charge in [-0.05, 0) is 24.7 Å². The highest BCUT2D eigenvalue weighted by atomic mass is 35.5. The fraction of sp³-hybridized carbons (Fsp3) is 0.333. The quantitative estimate of drug-likeness (QED) is 0.750. The molecule has 12 heavy (non-hydrogen) atoms. The van der Waals surface area contributed by atoms with Crippen molar-refractivity contribution in [3.8, 4) is 0 Å². The van der Waals surface area contributed by atoms with Gasteiger partial charge in [0.05, 0.1) is 6.10 Å². The molecule has 0 amide bonds. The Morgan fingerprint density at radius 1 is 1.42 bits per heavy atom. The van der Waals surface area contributed by atoms with Crippen LogP contribution in [0.1, 0.15) is 11.7 Å². The van der Waals surface area contributed by atoms with Gasteiger partial charge in [0.1, 0.15) is 0 Å². The van der Waals surface area contributed by atoms with E-state index in [-0.39, 0.29) is 0 Å². The van der Waals surface area contributed by atoms with Gasteiger partial charge in [-0.2, -0.15) is 0 Å². The molecule has 0 aliphatic heterocycles. The average Bonchev–Trinajstić information content (AvgIpc) is 2.06. The summed E-state index contributed by atoms with van der Waals surface area (Å²) in [6.45, 7) is 0.557. The molecule has 0 heterocycles. The van der Waals surface area contributed by atoms with Crippen LogP contribution in [-0.4, -0.2) is 18.7 Å². The van der Waals surface area contributed by atoms with Crippen LogP contribution < -0.4 is 5.32 Å². The summed E-state index contributed by atoms with van der Waals surface area (Å²) in [6, 6.07) is 7.19. The maximum atomic E-state index is 9.51. The first-order valence-electron chi connectivity index (χ1n) is 3.82. The molecule has 0 saturated heterocycles. The molecule has 3 heteroatoms. The predicted molar refractivity (Wildman–Crippen MR) is 50.3 cm³/mol. The van der Waals surface area contributed by atoms with E-state index in [9.17, 15) is 5.11 Å². The van der Waals surface area contributed by atoms with Crippen LogP contribution in [0.4, 0.5) is 0 Å². The zero-order valence-corrected chi connectivity index (χ0v) is 7.67. The summed E-state index contributed by atoms with van der Waals surface area (Å²) in [5.74, 6) is 0. The number of benzene rings is 1. The molecule has 0 radical (unpaired) electrons. The Morgan fingerprint density at radius 2 is 2.00 bits per heavy atom. The largest absolute Gasteiger partial charge is 0.387 e. The van der Waals surface area contributed by atoms with Crippen LogP contribution in [0.15, 0.2) is 24.3 Å². The van der Waals surface area contributed by atoms with E-state index in [0.29, 0.717) is 11.6 Å². The van der Waals surface area contributed by atoms with Crippen LogP contribution in [0, 0.1) is 0 Å². The highest BCUT2D eigenvalue weighted by Gasteiger charge is 2.04. The zero-order valence-electron chi connectivity index (χ0n) is 6.92. The van der Waals surface area contributed by atoms with E-state index in [4.69, 9.17) is 11.6 Å². The van der Waals surface area contributed by atoms with Crippen LogP contribution in [-0.2, 0) is 0 Å². The van der Waals surface area contributed by atoms with Crippen molar-refractivity contribution in [2.45, 2.75) is 6.10 Å². The Kier molecular flexibility index (Phi) is 3.53. The summed E-state index contributed by atoms with van der Waals surface area (Å²) in [7, 11) is 1.80. The lowest BCUT2D eigenvalue weighted by Crippen LogP contribution is -2.16. The molecule has 0 aromatic heterocycles. The number of halogens is 1. The molecular formula is C9H12ClNO. The topological polar surface area (TPSA) is 32.3 Å². The molecule has 1 aromatic rings. The van der Waals surface area contributed by atoms with E-state index < -0.39 is 6.10 Å². The summed E-state index contributed by atoms with van der Waals surface area (Å²) in [5.41, 5.74) is 0.883. The Bertz CT molecular complexity index is 235. The number of hydrogen-bond donors (Lipinski definition) is 2. The minimum absolute atomic E-state index is 0.452. The maximum absolute atomic E-state index is 9.51. The number of hydrogen-bond acceptors (Lipinski definition) is 2. The molecule has 1 atom stereocenters. The van der Waals surface area contributed by atoms with E-state index in [0.717, 1.165) is 5.56 Å². The van der Waals surface area contributed by atoms with E-state index in [1.165, 1.54) is 0 Å². The van der Waals surface area contributed by atoms with Crippen molar-refractivity contribution in [2.75, 3.05) is 13.6 Å². The molecule has 66 valence electrons. The number of likely N-dealkylation sites (N-methyl/N-ethyl adjacent to an activating group) is 1. The van der Waals surface area contributed by atoms with Gasteiger partial charge < -0.3 is 10.4 Å². The Hall–Kier alpha value is -0.570. The maximum Gasteiger partial charge on any atom is 0.0914 e. The highest BCUT2D eigenvalue weighted by Crippen LogP contribution is 2.15. The molecule has 2 nitrogen and oxygen atoms in total. The van der Waals surface area contributed by atoms with E-state index in [2.05, 4.69) is 5.32 Å². The van der Waals surface area contributed by atoms with Crippen molar-refractivity contribution in [3.05, 3.63) is 34.9 Å². The fourth-order valence-electron chi connectivity index (χ4n) is 0.996. The first-order valence-corrected chi connectivity index (χ1v) is 4.20. The molecule has 0 bridgehead atoms. The SMILES string of the molecule is CNCC(O)c1ccc(Cl)cc1. The van der Waals surface area contributed by atoms with Crippen LogP contribution >= 0.6 is 11.6 Å². The molecule has 1 aromatic carbocycles. The second kappa shape index (κ2) is 4.45. The number of aliphatic hydroxyl groups excluding tert-OH is 1. The predicted octanol–water partition coefficient (Wildman–Crippen LogP) is 1.59. The fourth-order valence-corrected chi connectivity index (χ4v) is 1.12. The lowest BCUT2D eigenvalue weighted by molar-refractivity contribution is 0.178. The minimum Gasteiger partial charge on any atom is -0.387 e. The molecular weight excluding hydrogens is 174 g/mol. The third kappa shape index (κ3) is 2.48. The van der Waals surface area contributed by atoms with E-state index >= 15 is 0 Å². The second-order valence-electron chi connectivity index (χ2n) is 2.63. The minimum atomic E-state index is -0.452. The van der Waals surface area contributed by atoms with Crippen molar-refractivity contribution >= 4 is 11.6 Å². The third-order valence-electron chi connectivity index (χ3n) is 1.65. The van der Waals surface area contributed by atoms with Gasteiger partial charge in [-0.25, -0.2) is 0 Å². The van der Waals surface area contributed by atoms with Crippen molar-refractivity contribution < 1.29 is 5.11 Å². The first-order chi connectivity index (χ1) is 5.74. The third-order valence-corrected chi connectivity index (χ3v) is 1.90. The summed E-state index contributed by atoms with van der Waals surface area (Å²) in [5, 5.41) is 13.1. The Labute approximate surface area is 77.2 Å². The average molecular weight is 186 g/mol. The van der Waals surface area contributed by atoms with Gasteiger partial charge >= 0.3 is 0 Å². The molecule has 2 N–H and O–H groups in total. The molecule has 0 fully saturated rings. The summed E-state index contributed by atoms with van der Waals surface area (Å²) < 4.78 is 0. The van der Waals surface area contributed by atoms with Crippen LogP contribution in [0.5, 0.6) is 0 Å². The number of nitrogens with one attached hydrogen (secondary N) is 1. The van der Waals surface area contributed by atoms with Gasteiger partial charge in [0.25, 0.3) is 0 Å². The van der Waals surface area contributed by atoms with Crippen LogP contribution in [0.25, 0.3) is 0 Å². The first kappa shape index (κ1) is 9.52. The van der Waals surface area contributed by atoms with Crippen LogP contribution in [0.2, 0.25) is 5.02 Å². The van der Waals surface area contributed by atoms with Gasteiger partial charge in [0.15, 0.2) is 0 Å². The normalized spacial score (nSPS) is 12.9. The van der Waals surface area contributed by atoms with Gasteiger partial charge in [-0.3, -0.25) is 0 Å². The second-order valence-corrected chi connectivity index (χ2v) is 3.06. The van der Waals surface area contributed by atoms with E-state index in [1.807, 2.05) is 12.1 Å². The summed E-state index contributed by atoms with van der Waals surface area (Å²) in [6.07, 6.45) is -0.452. The van der Waals surface area contributed by atoms with Crippen molar-refractivity contribution in [2.24, 2.45) is 0 Å². The van der Waals surface area contributed by atoms with Crippen molar-refractivity contribution in [1.29, 1.82) is 0 Å². The Morgan fingerprint density at radius 3 is 2.50 bits per heavy atom. The van der Waals surface area contributed by atoms with Crippen molar-refractivity contribution in [1.82, 2.24) is 5.32 Å². The monoisotopic (exact) mass is 185 g/mol. The highest BCUT2D eigenvalue weighted by molar-refractivity contribution is 6.30. The standard InChI is InChI=1S/C9H12ClNO/c1-11-6-9(12)7-2-4-8(10)5-3-7/h2-5,9,11-12H,6H2,1H3. The number of rotatable bonds is 3. The summed E-state index contributed by atoms with van der Waals surface area (Å²) in [4.78, 5) is 0. The van der Waals surface area contributed by atoms with Gasteiger partial charge in [-0.15, -0.1) is 0 Å². The molecule has 0 saturated carbocycles. The van der Waals surface area contributed by atoms with Gasteiger partial charge in [0.2, 0.25) is 0 Å². The van der Waals surface area contributed by atoms with Crippen LogP contribution in [0.3, 0.4) is 0 Å². The van der Waals surface area contributed by atoms with Gasteiger partial charge in [0, 0.05) is 11.6 Å². The van der Waals surface area contributed by atoms with E-state index in [1.54, 1.807) is 19.2 Å². The molecule has 1 rings (SSSR count). The molecule has 1 unspecified atom stereocenters. The molecule has 0 spiro atoms.